The van der Waals surface area contributed by atoms with Crippen LogP contribution >= 0.6 is 11.3 Å². The van der Waals surface area contributed by atoms with E-state index >= 15 is 0 Å². The van der Waals surface area contributed by atoms with Gasteiger partial charge < -0.3 is 9.26 Å². The highest BCUT2D eigenvalue weighted by molar-refractivity contribution is 7.09. The summed E-state index contributed by atoms with van der Waals surface area (Å²) < 4.78 is 11.3. The molecule has 0 unspecified atom stereocenters. The summed E-state index contributed by atoms with van der Waals surface area (Å²) in [4.78, 5) is 7.02. The van der Waals surface area contributed by atoms with Gasteiger partial charge in [0.15, 0.2) is 0 Å². The zero-order valence-corrected chi connectivity index (χ0v) is 15.3. The Balaban J connectivity index is 1.35. The van der Waals surface area contributed by atoms with E-state index in [1.54, 1.807) is 11.3 Å². The Morgan fingerprint density at radius 1 is 1.42 bits per heavy atom. The molecule has 1 saturated carbocycles. The SMILES string of the molecule is Cc1cc(CN2C[C@@H]3CCC[C@]3(COCc3csc(C)n3)C2)no1. The monoisotopic (exact) mass is 347 g/mol. The number of likely N-dealkylation sites (tertiary alicyclic amines) is 1. The number of aromatic nitrogens is 2. The second kappa shape index (κ2) is 6.58. The third-order valence-electron chi connectivity index (χ3n) is 5.48. The molecule has 1 saturated heterocycles. The van der Waals surface area contributed by atoms with Crippen molar-refractivity contribution in [3.8, 4) is 0 Å². The van der Waals surface area contributed by atoms with E-state index in [0.717, 1.165) is 54.3 Å². The van der Waals surface area contributed by atoms with Crippen molar-refractivity contribution < 1.29 is 9.26 Å². The minimum absolute atomic E-state index is 0.323. The molecule has 5 nitrogen and oxygen atoms in total. The molecule has 2 aliphatic rings. The summed E-state index contributed by atoms with van der Waals surface area (Å²) >= 11 is 1.69. The van der Waals surface area contributed by atoms with Gasteiger partial charge in [-0.3, -0.25) is 4.90 Å². The van der Waals surface area contributed by atoms with E-state index < -0.39 is 0 Å². The highest BCUT2D eigenvalue weighted by Crippen LogP contribution is 2.49. The third kappa shape index (κ3) is 3.27. The number of hydrogen-bond acceptors (Lipinski definition) is 6. The fourth-order valence-corrected chi connectivity index (χ4v) is 5.03. The van der Waals surface area contributed by atoms with Crippen LogP contribution in [0.4, 0.5) is 0 Å². The zero-order valence-electron chi connectivity index (χ0n) is 14.5. The van der Waals surface area contributed by atoms with Gasteiger partial charge in [-0.2, -0.15) is 0 Å². The molecule has 1 aliphatic carbocycles. The number of thiazole rings is 1. The van der Waals surface area contributed by atoms with Crippen LogP contribution in [0.5, 0.6) is 0 Å². The van der Waals surface area contributed by atoms with E-state index in [0.29, 0.717) is 12.0 Å². The van der Waals surface area contributed by atoms with Gasteiger partial charge in [-0.1, -0.05) is 11.6 Å². The Morgan fingerprint density at radius 2 is 2.33 bits per heavy atom. The lowest BCUT2D eigenvalue weighted by Crippen LogP contribution is -2.32. The third-order valence-corrected chi connectivity index (χ3v) is 6.30. The number of nitrogens with zero attached hydrogens (tertiary/aromatic N) is 3. The molecule has 0 N–H and O–H groups in total. The van der Waals surface area contributed by atoms with Crippen molar-refractivity contribution in [1.82, 2.24) is 15.0 Å². The fraction of sp³-hybridized carbons (Fsp3) is 0.667. The molecule has 2 aromatic heterocycles. The molecule has 0 bridgehead atoms. The lowest BCUT2D eigenvalue weighted by atomic mass is 9.81. The quantitative estimate of drug-likeness (QED) is 0.799. The average molecular weight is 347 g/mol. The van der Waals surface area contributed by atoms with E-state index in [1.165, 1.54) is 19.3 Å². The largest absolute Gasteiger partial charge is 0.374 e. The van der Waals surface area contributed by atoms with Gasteiger partial charge >= 0.3 is 0 Å². The van der Waals surface area contributed by atoms with Crippen LogP contribution in [0.1, 0.15) is 41.4 Å². The van der Waals surface area contributed by atoms with Crippen molar-refractivity contribution in [3.63, 3.8) is 0 Å². The molecule has 0 spiro atoms. The van der Waals surface area contributed by atoms with Crippen molar-refractivity contribution in [3.05, 3.63) is 33.6 Å². The Labute approximate surface area is 147 Å². The summed E-state index contributed by atoms with van der Waals surface area (Å²) in [6, 6.07) is 2.04. The maximum Gasteiger partial charge on any atom is 0.133 e. The zero-order chi connectivity index (χ0) is 16.6. The maximum absolute atomic E-state index is 6.11. The van der Waals surface area contributed by atoms with E-state index in [1.807, 2.05) is 19.9 Å². The smallest absolute Gasteiger partial charge is 0.133 e. The van der Waals surface area contributed by atoms with Crippen LogP contribution in [0.25, 0.3) is 0 Å². The number of ether oxygens (including phenoxy) is 1. The summed E-state index contributed by atoms with van der Waals surface area (Å²) in [6.45, 7) is 8.64. The Hall–Kier alpha value is -1.24. The summed E-state index contributed by atoms with van der Waals surface area (Å²) in [6.07, 6.45) is 3.94. The van der Waals surface area contributed by atoms with Gasteiger partial charge in [0, 0.05) is 36.5 Å². The lowest BCUT2D eigenvalue weighted by molar-refractivity contribution is 0.0253. The highest BCUT2D eigenvalue weighted by Gasteiger charge is 2.49. The number of hydrogen-bond donors (Lipinski definition) is 0. The Morgan fingerprint density at radius 3 is 3.08 bits per heavy atom. The minimum Gasteiger partial charge on any atom is -0.374 e. The Bertz CT molecular complexity index is 698. The average Bonchev–Trinajstić information content (AvgIpc) is 3.26. The molecule has 2 atom stereocenters. The number of rotatable bonds is 6. The second-order valence-corrected chi connectivity index (χ2v) is 8.46. The van der Waals surface area contributed by atoms with Crippen LogP contribution in [0.3, 0.4) is 0 Å². The Kier molecular flexibility index (Phi) is 4.45. The van der Waals surface area contributed by atoms with Crippen molar-refractivity contribution in [2.45, 2.75) is 46.3 Å². The minimum atomic E-state index is 0.323. The van der Waals surface area contributed by atoms with Crippen molar-refractivity contribution in [2.75, 3.05) is 19.7 Å². The lowest BCUT2D eigenvalue weighted by Gasteiger charge is -2.28. The van der Waals surface area contributed by atoms with E-state index in [-0.39, 0.29) is 0 Å². The molecule has 0 aromatic carbocycles. The molecule has 0 radical (unpaired) electrons. The van der Waals surface area contributed by atoms with E-state index in [4.69, 9.17) is 9.26 Å². The first-order chi connectivity index (χ1) is 11.6. The van der Waals surface area contributed by atoms with Gasteiger partial charge in [0.05, 0.1) is 29.6 Å². The topological polar surface area (TPSA) is 51.4 Å². The predicted octanol–water partition coefficient (Wildman–Crippen LogP) is 3.57. The molecule has 130 valence electrons. The van der Waals surface area contributed by atoms with Crippen LogP contribution < -0.4 is 0 Å². The van der Waals surface area contributed by atoms with E-state index in [2.05, 4.69) is 20.4 Å². The number of aryl methyl sites for hydroxylation is 2. The van der Waals surface area contributed by atoms with Gasteiger partial charge in [0.25, 0.3) is 0 Å². The molecule has 2 fully saturated rings. The molecular formula is C18H25N3O2S. The van der Waals surface area contributed by atoms with Gasteiger partial charge in [0.2, 0.25) is 0 Å². The van der Waals surface area contributed by atoms with Gasteiger partial charge in [-0.15, -0.1) is 11.3 Å². The van der Waals surface area contributed by atoms with Gasteiger partial charge in [-0.25, -0.2) is 4.98 Å². The molecule has 2 aromatic rings. The molecule has 4 rings (SSSR count). The maximum atomic E-state index is 6.11. The second-order valence-electron chi connectivity index (χ2n) is 7.40. The summed E-state index contributed by atoms with van der Waals surface area (Å²) in [5.74, 6) is 1.64. The van der Waals surface area contributed by atoms with Crippen LogP contribution in [0.2, 0.25) is 0 Å². The summed E-state index contributed by atoms with van der Waals surface area (Å²) in [5, 5.41) is 7.36. The number of fused-ring (bicyclic) bond motifs is 1. The first kappa shape index (κ1) is 16.2. The molecule has 1 aliphatic heterocycles. The van der Waals surface area contributed by atoms with Crippen molar-refractivity contribution >= 4 is 11.3 Å². The predicted molar refractivity (Wildman–Crippen MR) is 92.8 cm³/mol. The van der Waals surface area contributed by atoms with Crippen LogP contribution in [0.15, 0.2) is 16.0 Å². The first-order valence-electron chi connectivity index (χ1n) is 8.76. The van der Waals surface area contributed by atoms with Gasteiger partial charge in [-0.05, 0) is 32.6 Å². The van der Waals surface area contributed by atoms with Crippen molar-refractivity contribution in [2.24, 2.45) is 11.3 Å². The van der Waals surface area contributed by atoms with Crippen LogP contribution in [-0.2, 0) is 17.9 Å². The first-order valence-corrected chi connectivity index (χ1v) is 9.64. The molecule has 3 heterocycles. The molecule has 24 heavy (non-hydrogen) atoms. The normalized spacial score (nSPS) is 27.0. The van der Waals surface area contributed by atoms with Crippen molar-refractivity contribution in [1.29, 1.82) is 0 Å². The standard InChI is InChI=1S/C18H25N3O2S/c1-13-6-16(20-23-13)8-21-7-15-4-3-5-18(15,11-21)12-22-9-17-10-24-14(2)19-17/h6,10,15H,3-5,7-9,11-12H2,1-2H3/t15-,18+/m0/s1. The summed E-state index contributed by atoms with van der Waals surface area (Å²) in [7, 11) is 0. The highest BCUT2D eigenvalue weighted by atomic mass is 32.1. The van der Waals surface area contributed by atoms with Gasteiger partial charge in [0.1, 0.15) is 5.76 Å². The molecular weight excluding hydrogens is 322 g/mol. The van der Waals surface area contributed by atoms with Crippen LogP contribution in [-0.4, -0.2) is 34.7 Å². The van der Waals surface area contributed by atoms with Crippen LogP contribution in [0, 0.1) is 25.2 Å². The fourth-order valence-electron chi connectivity index (χ4n) is 4.44. The molecule has 0 amide bonds. The summed E-state index contributed by atoms with van der Waals surface area (Å²) in [5.41, 5.74) is 2.43. The molecule has 6 heteroatoms. The van der Waals surface area contributed by atoms with E-state index in [9.17, 15) is 0 Å².